The number of ether oxygens (including phenoxy) is 1. The van der Waals surface area contributed by atoms with Crippen molar-refractivity contribution < 1.29 is 14.6 Å². The first-order valence-corrected chi connectivity index (χ1v) is 8.86. The first kappa shape index (κ1) is 19.5. The van der Waals surface area contributed by atoms with Crippen molar-refractivity contribution in [2.75, 3.05) is 19.7 Å². The van der Waals surface area contributed by atoms with E-state index in [1.165, 1.54) is 37.7 Å². The van der Waals surface area contributed by atoms with Crippen LogP contribution in [0.1, 0.15) is 57.4 Å². The van der Waals surface area contributed by atoms with Gasteiger partial charge in [-0.2, -0.15) is 0 Å². The molecule has 0 radical (unpaired) electrons. The summed E-state index contributed by atoms with van der Waals surface area (Å²) in [4.78, 5) is 10.4. The molecule has 0 bridgehead atoms. The molecule has 0 aliphatic heterocycles. The molecule has 0 spiro atoms. The van der Waals surface area contributed by atoms with Crippen molar-refractivity contribution in [2.45, 2.75) is 58.3 Å². The van der Waals surface area contributed by atoms with E-state index in [9.17, 15) is 4.79 Å². The monoisotopic (exact) mass is 321 g/mol. The second kappa shape index (κ2) is 12.9. The third kappa shape index (κ3) is 10.7. The van der Waals surface area contributed by atoms with Gasteiger partial charge >= 0.3 is 5.97 Å². The molecule has 4 heteroatoms. The van der Waals surface area contributed by atoms with Gasteiger partial charge < -0.3 is 15.2 Å². The summed E-state index contributed by atoms with van der Waals surface area (Å²) in [5, 5.41) is 11.7. The predicted octanol–water partition coefficient (Wildman–Crippen LogP) is 4.03. The average molecular weight is 321 g/mol. The zero-order valence-electron chi connectivity index (χ0n) is 14.4. The van der Waals surface area contributed by atoms with Crippen LogP contribution in [0.25, 0.3) is 0 Å². The average Bonchev–Trinajstić information content (AvgIpc) is 2.54. The molecule has 0 heterocycles. The molecule has 130 valence electrons. The standard InChI is InChI=1S/C19H31NO3/c1-2-3-4-5-6-7-15-23-18-10-8-9-17(16-18)11-13-20-14-12-19(21)22/h8-10,16,20H,2-7,11-15H2,1H3,(H,21,22). The van der Waals surface area contributed by atoms with Crippen molar-refractivity contribution in [3.05, 3.63) is 29.8 Å². The summed E-state index contributed by atoms with van der Waals surface area (Å²) in [6.45, 7) is 4.32. The van der Waals surface area contributed by atoms with E-state index in [4.69, 9.17) is 9.84 Å². The fourth-order valence-corrected chi connectivity index (χ4v) is 2.42. The Morgan fingerprint density at radius 2 is 1.91 bits per heavy atom. The molecule has 0 unspecified atom stereocenters. The van der Waals surface area contributed by atoms with Crippen molar-refractivity contribution in [2.24, 2.45) is 0 Å². The van der Waals surface area contributed by atoms with Crippen LogP contribution in [0, 0.1) is 0 Å². The van der Waals surface area contributed by atoms with E-state index >= 15 is 0 Å². The number of hydrogen-bond acceptors (Lipinski definition) is 3. The van der Waals surface area contributed by atoms with Crippen LogP contribution in [-0.4, -0.2) is 30.8 Å². The van der Waals surface area contributed by atoms with Crippen LogP contribution in [0.3, 0.4) is 0 Å². The van der Waals surface area contributed by atoms with Gasteiger partial charge in [-0.15, -0.1) is 0 Å². The van der Waals surface area contributed by atoms with Gasteiger partial charge in [0.15, 0.2) is 0 Å². The maximum atomic E-state index is 10.4. The van der Waals surface area contributed by atoms with Gasteiger partial charge in [0, 0.05) is 6.54 Å². The van der Waals surface area contributed by atoms with Gasteiger partial charge in [-0.1, -0.05) is 51.2 Å². The number of carbonyl (C=O) groups is 1. The van der Waals surface area contributed by atoms with E-state index in [-0.39, 0.29) is 6.42 Å². The first-order chi connectivity index (χ1) is 11.2. The van der Waals surface area contributed by atoms with E-state index in [0.717, 1.165) is 31.7 Å². The smallest absolute Gasteiger partial charge is 0.304 e. The number of benzene rings is 1. The van der Waals surface area contributed by atoms with Gasteiger partial charge in [0.05, 0.1) is 13.0 Å². The molecular weight excluding hydrogens is 290 g/mol. The highest BCUT2D eigenvalue weighted by atomic mass is 16.5. The lowest BCUT2D eigenvalue weighted by Crippen LogP contribution is -2.20. The zero-order chi connectivity index (χ0) is 16.8. The summed E-state index contributed by atoms with van der Waals surface area (Å²) < 4.78 is 5.81. The van der Waals surface area contributed by atoms with Crippen LogP contribution < -0.4 is 10.1 Å². The predicted molar refractivity (Wildman–Crippen MR) is 94.1 cm³/mol. The van der Waals surface area contributed by atoms with Crippen molar-refractivity contribution in [3.8, 4) is 5.75 Å². The normalized spacial score (nSPS) is 10.7. The molecule has 0 atom stereocenters. The van der Waals surface area contributed by atoms with Crippen molar-refractivity contribution >= 4 is 5.97 Å². The van der Waals surface area contributed by atoms with E-state index in [1.807, 2.05) is 12.1 Å². The third-order valence-corrected chi connectivity index (χ3v) is 3.77. The SMILES string of the molecule is CCCCCCCCOc1cccc(CCNCCC(=O)O)c1. The second-order valence-electron chi connectivity index (χ2n) is 5.91. The van der Waals surface area contributed by atoms with Crippen LogP contribution in [0.15, 0.2) is 24.3 Å². The van der Waals surface area contributed by atoms with E-state index in [2.05, 4.69) is 24.4 Å². The highest BCUT2D eigenvalue weighted by Crippen LogP contribution is 2.14. The van der Waals surface area contributed by atoms with Gasteiger partial charge in [-0.25, -0.2) is 0 Å². The summed E-state index contributed by atoms with van der Waals surface area (Å²) in [6, 6.07) is 8.17. The molecule has 0 fully saturated rings. The Balaban J connectivity index is 2.14. The molecule has 0 aromatic heterocycles. The van der Waals surface area contributed by atoms with Gasteiger partial charge in [0.2, 0.25) is 0 Å². The molecule has 0 aliphatic rings. The largest absolute Gasteiger partial charge is 0.494 e. The summed E-state index contributed by atoms with van der Waals surface area (Å²) in [5.74, 6) is 0.171. The van der Waals surface area contributed by atoms with E-state index in [1.54, 1.807) is 0 Å². The van der Waals surface area contributed by atoms with Crippen LogP contribution in [0.2, 0.25) is 0 Å². The zero-order valence-corrected chi connectivity index (χ0v) is 14.4. The Morgan fingerprint density at radius 3 is 2.70 bits per heavy atom. The number of rotatable bonds is 14. The molecule has 1 aromatic rings. The Kier molecular flexibility index (Phi) is 11.0. The molecule has 4 nitrogen and oxygen atoms in total. The molecular formula is C19H31NO3. The Hall–Kier alpha value is -1.55. The molecule has 0 saturated heterocycles. The van der Waals surface area contributed by atoms with Crippen molar-refractivity contribution in [1.29, 1.82) is 0 Å². The summed E-state index contributed by atoms with van der Waals surface area (Å²) in [5.41, 5.74) is 1.22. The van der Waals surface area contributed by atoms with Crippen LogP contribution >= 0.6 is 0 Å². The fraction of sp³-hybridized carbons (Fsp3) is 0.632. The molecule has 1 rings (SSSR count). The minimum atomic E-state index is -0.761. The topological polar surface area (TPSA) is 58.6 Å². The first-order valence-electron chi connectivity index (χ1n) is 8.86. The molecule has 0 aliphatic carbocycles. The summed E-state index contributed by atoms with van der Waals surface area (Å²) >= 11 is 0. The molecule has 0 saturated carbocycles. The van der Waals surface area contributed by atoms with E-state index < -0.39 is 5.97 Å². The van der Waals surface area contributed by atoms with Gasteiger partial charge in [-0.05, 0) is 37.1 Å². The number of hydrogen-bond donors (Lipinski definition) is 2. The lowest BCUT2D eigenvalue weighted by molar-refractivity contribution is -0.136. The van der Waals surface area contributed by atoms with Crippen LogP contribution in [0.4, 0.5) is 0 Å². The quantitative estimate of drug-likeness (QED) is 0.508. The third-order valence-electron chi connectivity index (χ3n) is 3.77. The molecule has 2 N–H and O–H groups in total. The Labute approximate surface area is 140 Å². The lowest BCUT2D eigenvalue weighted by Gasteiger charge is -2.08. The fourth-order valence-electron chi connectivity index (χ4n) is 2.42. The number of aliphatic carboxylic acids is 1. The van der Waals surface area contributed by atoms with Gasteiger partial charge in [-0.3, -0.25) is 4.79 Å². The number of carboxylic acids is 1. The van der Waals surface area contributed by atoms with Gasteiger partial charge in [0.25, 0.3) is 0 Å². The lowest BCUT2D eigenvalue weighted by atomic mass is 10.1. The maximum absolute atomic E-state index is 10.4. The minimum Gasteiger partial charge on any atom is -0.494 e. The van der Waals surface area contributed by atoms with E-state index in [0.29, 0.717) is 6.54 Å². The summed E-state index contributed by atoms with van der Waals surface area (Å²) in [6.07, 6.45) is 8.67. The number of carboxylic acid groups (broad SMARTS) is 1. The van der Waals surface area contributed by atoms with Gasteiger partial charge in [0.1, 0.15) is 5.75 Å². The van der Waals surface area contributed by atoms with Crippen LogP contribution in [0.5, 0.6) is 5.75 Å². The highest BCUT2D eigenvalue weighted by Gasteiger charge is 1.99. The van der Waals surface area contributed by atoms with Crippen LogP contribution in [-0.2, 0) is 11.2 Å². The molecule has 23 heavy (non-hydrogen) atoms. The van der Waals surface area contributed by atoms with Crippen molar-refractivity contribution in [1.82, 2.24) is 5.32 Å². The Bertz CT molecular complexity index is 434. The molecule has 1 aromatic carbocycles. The Morgan fingerprint density at radius 1 is 1.13 bits per heavy atom. The second-order valence-corrected chi connectivity index (χ2v) is 5.91. The maximum Gasteiger partial charge on any atom is 0.304 e. The number of nitrogens with one attached hydrogen (secondary N) is 1. The highest BCUT2D eigenvalue weighted by molar-refractivity contribution is 5.66. The number of unbranched alkanes of at least 4 members (excludes halogenated alkanes) is 5. The summed E-state index contributed by atoms with van der Waals surface area (Å²) in [7, 11) is 0. The minimum absolute atomic E-state index is 0.168. The van der Waals surface area contributed by atoms with Crippen molar-refractivity contribution in [3.63, 3.8) is 0 Å². The molecule has 0 amide bonds.